The van der Waals surface area contributed by atoms with Gasteiger partial charge in [-0.15, -0.1) is 0 Å². The van der Waals surface area contributed by atoms with Gasteiger partial charge in [-0.05, 0) is 13.8 Å². The van der Waals surface area contributed by atoms with Gasteiger partial charge in [0.15, 0.2) is 13.1 Å². The van der Waals surface area contributed by atoms with Crippen molar-refractivity contribution in [2.75, 3.05) is 0 Å². The molecule has 3 nitrogen and oxygen atoms in total. The molecular weight excluding hydrogens is 391 g/mol. The van der Waals surface area contributed by atoms with Gasteiger partial charge >= 0.3 is 0 Å². The van der Waals surface area contributed by atoms with E-state index in [1.165, 1.54) is 24.8 Å². The Morgan fingerprint density at radius 3 is 1.54 bits per heavy atom. The van der Waals surface area contributed by atoms with Crippen LogP contribution in [0.25, 0.3) is 0 Å². The van der Waals surface area contributed by atoms with E-state index in [4.69, 9.17) is 45.3 Å². The van der Waals surface area contributed by atoms with Gasteiger partial charge in [0.2, 0.25) is 3.79 Å². The minimum Gasteiger partial charge on any atom is -0.512 e. The van der Waals surface area contributed by atoms with E-state index in [0.29, 0.717) is 0 Å². The van der Waals surface area contributed by atoms with Crippen molar-refractivity contribution in [3.05, 3.63) is 72.0 Å². The van der Waals surface area contributed by atoms with Gasteiger partial charge in [-0.3, -0.25) is 10.2 Å². The van der Waals surface area contributed by atoms with Crippen LogP contribution in [0.1, 0.15) is 13.8 Å². The highest BCUT2D eigenvalue weighted by Gasteiger charge is 2.32. The van der Waals surface area contributed by atoms with Crippen LogP contribution in [0.2, 0.25) is 0 Å². The summed E-state index contributed by atoms with van der Waals surface area (Å²) in [6.07, 6.45) is 0. The van der Waals surface area contributed by atoms with Crippen molar-refractivity contribution in [2.24, 2.45) is 0 Å². The van der Waals surface area contributed by atoms with Gasteiger partial charge in [0, 0.05) is 0 Å². The summed E-state index contributed by atoms with van der Waals surface area (Å²) in [5, 5.41) is 16.4. The van der Waals surface area contributed by atoms with E-state index in [1.54, 1.807) is 0 Å². The van der Waals surface area contributed by atoms with Crippen LogP contribution in [0, 0.1) is 5.41 Å². The summed E-state index contributed by atoms with van der Waals surface area (Å²) in [6, 6.07) is 20.7. The second kappa shape index (κ2) is 10.4. The Morgan fingerprint density at radius 1 is 0.923 bits per heavy atom. The van der Waals surface area contributed by atoms with Crippen molar-refractivity contribution < 1.29 is 9.90 Å². The highest BCUT2D eigenvalue weighted by molar-refractivity contribution is 6.78. The highest BCUT2D eigenvalue weighted by Crippen LogP contribution is 2.31. The van der Waals surface area contributed by atoms with Crippen LogP contribution in [0.4, 0.5) is 0 Å². The lowest BCUT2D eigenvalue weighted by Gasteiger charge is -2.14. The minimum absolute atomic E-state index is 0.264. The average molecular weight is 410 g/mol. The maximum absolute atomic E-state index is 10.9. The SMILES string of the molecule is CC(=O)C(C(=N)C(Cl)(Cl)Cl)=C(C)O.[B](c1ccccc1)c1ccccc1. The highest BCUT2D eigenvalue weighted by atomic mass is 35.6. The fourth-order valence-corrected chi connectivity index (χ4v) is 2.33. The predicted octanol–water partition coefficient (Wildman–Crippen LogP) is 4.14. The number of aliphatic hydroxyl groups excluding tert-OH is 1. The van der Waals surface area contributed by atoms with Crippen molar-refractivity contribution in [3.8, 4) is 0 Å². The molecule has 0 spiro atoms. The number of Topliss-reactive ketones (excluding diaryl/α,β-unsaturated/α-hetero) is 1. The van der Waals surface area contributed by atoms with Crippen LogP contribution in [0.15, 0.2) is 72.0 Å². The Kier molecular flexibility index (Phi) is 8.93. The summed E-state index contributed by atoms with van der Waals surface area (Å²) in [7, 11) is 2.17. The van der Waals surface area contributed by atoms with Gasteiger partial charge < -0.3 is 5.11 Å². The molecule has 2 rings (SSSR count). The van der Waals surface area contributed by atoms with E-state index in [-0.39, 0.29) is 11.3 Å². The maximum atomic E-state index is 10.9. The minimum atomic E-state index is -2.00. The van der Waals surface area contributed by atoms with Gasteiger partial charge in [0.25, 0.3) is 0 Å². The second-order valence-corrected chi connectivity index (χ2v) is 7.64. The Hall–Kier alpha value is -1.75. The van der Waals surface area contributed by atoms with Gasteiger partial charge in [-0.25, -0.2) is 0 Å². The van der Waals surface area contributed by atoms with Crippen LogP contribution in [-0.4, -0.2) is 27.7 Å². The summed E-state index contributed by atoms with van der Waals surface area (Å²) in [5.74, 6) is -0.847. The molecule has 2 aromatic carbocycles. The van der Waals surface area contributed by atoms with E-state index in [2.05, 4.69) is 55.8 Å². The van der Waals surface area contributed by atoms with Crippen molar-refractivity contribution in [1.82, 2.24) is 0 Å². The molecule has 0 fully saturated rings. The molecular formula is C19H18BCl3NO2. The number of hydrogen-bond donors (Lipinski definition) is 2. The maximum Gasteiger partial charge on any atom is 0.232 e. The number of alkyl halides is 3. The lowest BCUT2D eigenvalue weighted by molar-refractivity contribution is -0.113. The molecule has 0 heterocycles. The molecule has 0 aromatic heterocycles. The monoisotopic (exact) mass is 408 g/mol. The Balaban J connectivity index is 0.000000260. The largest absolute Gasteiger partial charge is 0.512 e. The van der Waals surface area contributed by atoms with Crippen molar-refractivity contribution >= 4 is 64.5 Å². The number of halogens is 3. The van der Waals surface area contributed by atoms with E-state index in [0.717, 1.165) is 0 Å². The lowest BCUT2D eigenvalue weighted by Crippen LogP contribution is -2.26. The fourth-order valence-electron chi connectivity index (χ4n) is 2.04. The Labute approximate surface area is 169 Å². The van der Waals surface area contributed by atoms with Crippen LogP contribution in [0.3, 0.4) is 0 Å². The number of carbonyl (C=O) groups is 1. The first kappa shape index (κ1) is 22.3. The summed E-state index contributed by atoms with van der Waals surface area (Å²) in [6.45, 7) is 2.43. The Morgan fingerprint density at radius 2 is 1.31 bits per heavy atom. The topological polar surface area (TPSA) is 61.2 Å². The number of ketones is 1. The van der Waals surface area contributed by atoms with Gasteiger partial charge in [0.1, 0.15) is 5.76 Å². The fraction of sp³-hybridized carbons (Fsp3) is 0.158. The first-order chi connectivity index (χ1) is 12.1. The number of benzene rings is 2. The van der Waals surface area contributed by atoms with E-state index >= 15 is 0 Å². The quantitative estimate of drug-likeness (QED) is 0.262. The summed E-state index contributed by atoms with van der Waals surface area (Å²) in [5.41, 5.74) is 1.70. The van der Waals surface area contributed by atoms with Crippen molar-refractivity contribution in [2.45, 2.75) is 17.6 Å². The molecule has 0 atom stereocenters. The first-order valence-corrected chi connectivity index (χ1v) is 8.78. The summed E-state index contributed by atoms with van der Waals surface area (Å²) < 4.78 is -2.00. The van der Waals surface area contributed by atoms with Crippen LogP contribution in [0.5, 0.6) is 0 Å². The zero-order valence-electron chi connectivity index (χ0n) is 14.3. The first-order valence-electron chi connectivity index (χ1n) is 7.64. The third kappa shape index (κ3) is 7.65. The summed E-state index contributed by atoms with van der Waals surface area (Å²) >= 11 is 16.1. The third-order valence-electron chi connectivity index (χ3n) is 3.18. The van der Waals surface area contributed by atoms with Gasteiger partial charge in [0.05, 0.1) is 11.3 Å². The predicted molar refractivity (Wildman–Crippen MR) is 112 cm³/mol. The molecule has 2 aromatic rings. The molecule has 0 saturated carbocycles. The number of hydrogen-bond acceptors (Lipinski definition) is 3. The molecule has 7 heteroatoms. The average Bonchev–Trinajstić information content (AvgIpc) is 2.56. The zero-order valence-corrected chi connectivity index (χ0v) is 16.6. The molecule has 0 amide bonds. The number of carbonyl (C=O) groups excluding carboxylic acids is 1. The molecule has 0 unspecified atom stereocenters. The van der Waals surface area contributed by atoms with Crippen LogP contribution in [-0.2, 0) is 4.79 Å². The number of nitrogens with one attached hydrogen (secondary N) is 1. The molecule has 1 radical (unpaired) electrons. The van der Waals surface area contributed by atoms with Gasteiger partial charge in [-0.2, -0.15) is 0 Å². The van der Waals surface area contributed by atoms with Crippen LogP contribution < -0.4 is 10.9 Å². The normalized spacial score (nSPS) is 11.6. The zero-order chi connectivity index (χ0) is 19.7. The van der Waals surface area contributed by atoms with E-state index < -0.39 is 15.3 Å². The molecule has 0 aliphatic rings. The second-order valence-electron chi connectivity index (χ2n) is 5.36. The molecule has 0 aliphatic carbocycles. The van der Waals surface area contributed by atoms with Gasteiger partial charge in [-0.1, -0.05) is 106 Å². The van der Waals surface area contributed by atoms with Crippen molar-refractivity contribution in [3.63, 3.8) is 0 Å². The summed E-state index contributed by atoms with van der Waals surface area (Å²) in [4.78, 5) is 10.9. The standard InChI is InChI=1S/C12H10B.C7H8Cl3NO2/c1-3-7-11(8-4-1)13-12-9-5-2-6-10-12;1-3(12)5(4(2)13)6(11)7(8,9)10/h1-10H;11-12H,1-2H3. The molecule has 0 aliphatic heterocycles. The number of aliphatic hydroxyl groups is 1. The molecule has 2 N–H and O–H groups in total. The number of allylic oxidation sites excluding steroid dienone is 2. The Bertz CT molecular complexity index is 731. The number of rotatable bonds is 4. The molecule has 26 heavy (non-hydrogen) atoms. The molecule has 135 valence electrons. The molecule has 0 bridgehead atoms. The van der Waals surface area contributed by atoms with Crippen molar-refractivity contribution in [1.29, 1.82) is 5.41 Å². The van der Waals surface area contributed by atoms with E-state index in [9.17, 15) is 4.79 Å². The molecule has 0 saturated heterocycles. The van der Waals surface area contributed by atoms with E-state index in [1.807, 2.05) is 12.1 Å². The van der Waals surface area contributed by atoms with Crippen LogP contribution >= 0.6 is 34.8 Å². The smallest absolute Gasteiger partial charge is 0.232 e. The lowest BCUT2D eigenvalue weighted by atomic mass is 9.64. The third-order valence-corrected chi connectivity index (χ3v) is 3.75.